The first kappa shape index (κ1) is 22.8. The number of carbonyl (C=O) groups is 1. The highest BCUT2D eigenvalue weighted by molar-refractivity contribution is 6.30. The SMILES string of the molecule is Cl.N#Cc1ccc(Cn2cncc2CN[C@H]2CCN(Cc3cccc(Cl)c3)C2=O)cc1. The van der Waals surface area contributed by atoms with Crippen molar-refractivity contribution in [3.63, 3.8) is 0 Å². The van der Waals surface area contributed by atoms with Crippen molar-refractivity contribution < 1.29 is 4.79 Å². The smallest absolute Gasteiger partial charge is 0.240 e. The summed E-state index contributed by atoms with van der Waals surface area (Å²) in [5.74, 6) is 0.119. The fourth-order valence-corrected chi connectivity index (χ4v) is 3.90. The van der Waals surface area contributed by atoms with Crippen LogP contribution in [0.25, 0.3) is 0 Å². The van der Waals surface area contributed by atoms with Gasteiger partial charge < -0.3 is 14.8 Å². The van der Waals surface area contributed by atoms with E-state index in [1.54, 1.807) is 6.33 Å². The fraction of sp³-hybridized carbons (Fsp3) is 0.261. The Morgan fingerprint density at radius 1 is 1.16 bits per heavy atom. The molecular formula is C23H23Cl2N5O. The molecule has 1 N–H and O–H groups in total. The van der Waals surface area contributed by atoms with Crippen LogP contribution in [0.1, 0.15) is 28.8 Å². The number of nitriles is 1. The van der Waals surface area contributed by atoms with Gasteiger partial charge in [0.15, 0.2) is 0 Å². The molecule has 0 bridgehead atoms. The molecule has 160 valence electrons. The minimum atomic E-state index is -0.192. The van der Waals surface area contributed by atoms with Crippen LogP contribution in [0.5, 0.6) is 0 Å². The van der Waals surface area contributed by atoms with Gasteiger partial charge in [0.25, 0.3) is 0 Å². The van der Waals surface area contributed by atoms with E-state index < -0.39 is 0 Å². The zero-order valence-corrected chi connectivity index (χ0v) is 18.4. The van der Waals surface area contributed by atoms with Gasteiger partial charge in [0.2, 0.25) is 5.91 Å². The normalized spacial score (nSPS) is 15.5. The van der Waals surface area contributed by atoms with E-state index in [1.165, 1.54) is 0 Å². The van der Waals surface area contributed by atoms with Crippen LogP contribution in [-0.4, -0.2) is 32.9 Å². The van der Waals surface area contributed by atoms with Crippen molar-refractivity contribution in [3.05, 3.63) is 88.5 Å². The van der Waals surface area contributed by atoms with Gasteiger partial charge in [0.05, 0.1) is 29.7 Å². The lowest BCUT2D eigenvalue weighted by Gasteiger charge is -2.18. The summed E-state index contributed by atoms with van der Waals surface area (Å²) in [7, 11) is 0. The van der Waals surface area contributed by atoms with Gasteiger partial charge in [0.1, 0.15) is 0 Å². The molecule has 0 radical (unpaired) electrons. The zero-order chi connectivity index (χ0) is 20.9. The van der Waals surface area contributed by atoms with E-state index in [2.05, 4.69) is 20.9 Å². The van der Waals surface area contributed by atoms with Gasteiger partial charge in [-0.2, -0.15) is 5.26 Å². The minimum absolute atomic E-state index is 0. The molecule has 6 nitrogen and oxygen atoms in total. The summed E-state index contributed by atoms with van der Waals surface area (Å²) in [6, 6.07) is 17.1. The number of nitrogens with one attached hydrogen (secondary N) is 1. The number of imidazole rings is 1. The Bertz CT molecular complexity index is 1070. The molecule has 1 amide bonds. The molecule has 2 aromatic carbocycles. The largest absolute Gasteiger partial charge is 0.337 e. The average Bonchev–Trinajstić information content (AvgIpc) is 3.33. The number of halogens is 2. The highest BCUT2D eigenvalue weighted by Crippen LogP contribution is 2.18. The van der Waals surface area contributed by atoms with Crippen molar-refractivity contribution >= 4 is 29.9 Å². The molecule has 0 aliphatic carbocycles. The molecule has 3 aromatic rings. The maximum Gasteiger partial charge on any atom is 0.240 e. The van der Waals surface area contributed by atoms with E-state index in [9.17, 15) is 4.79 Å². The molecule has 1 atom stereocenters. The monoisotopic (exact) mass is 455 g/mol. The lowest BCUT2D eigenvalue weighted by molar-refractivity contribution is -0.129. The summed E-state index contributed by atoms with van der Waals surface area (Å²) in [6.07, 6.45) is 4.39. The molecule has 1 fully saturated rings. The van der Waals surface area contributed by atoms with E-state index in [-0.39, 0.29) is 24.4 Å². The number of hydrogen-bond donors (Lipinski definition) is 1. The van der Waals surface area contributed by atoms with Crippen LogP contribution in [0.15, 0.2) is 61.1 Å². The van der Waals surface area contributed by atoms with Gasteiger partial charge >= 0.3 is 0 Å². The van der Waals surface area contributed by atoms with Crippen LogP contribution in [0.3, 0.4) is 0 Å². The molecule has 1 aliphatic heterocycles. The Morgan fingerprint density at radius 2 is 1.97 bits per heavy atom. The Hall–Kier alpha value is -2.85. The minimum Gasteiger partial charge on any atom is -0.337 e. The second-order valence-electron chi connectivity index (χ2n) is 7.43. The topological polar surface area (TPSA) is 74.0 Å². The van der Waals surface area contributed by atoms with E-state index in [0.717, 1.165) is 29.8 Å². The molecular weight excluding hydrogens is 433 g/mol. The van der Waals surface area contributed by atoms with Gasteiger partial charge in [-0.3, -0.25) is 4.79 Å². The third-order valence-electron chi connectivity index (χ3n) is 5.32. The number of carbonyl (C=O) groups excluding carboxylic acids is 1. The Kier molecular flexibility index (Phi) is 7.69. The number of likely N-dealkylation sites (tertiary alicyclic amines) is 1. The molecule has 31 heavy (non-hydrogen) atoms. The van der Waals surface area contributed by atoms with Crippen molar-refractivity contribution in [2.24, 2.45) is 0 Å². The maximum atomic E-state index is 12.8. The summed E-state index contributed by atoms with van der Waals surface area (Å²) >= 11 is 6.05. The summed E-state index contributed by atoms with van der Waals surface area (Å²) in [5, 5.41) is 13.0. The van der Waals surface area contributed by atoms with Gasteiger partial charge in [-0.1, -0.05) is 35.9 Å². The summed E-state index contributed by atoms with van der Waals surface area (Å²) in [4.78, 5) is 18.9. The van der Waals surface area contributed by atoms with Crippen LogP contribution in [-0.2, 0) is 24.4 Å². The van der Waals surface area contributed by atoms with Crippen molar-refractivity contribution in [2.45, 2.75) is 32.1 Å². The lowest BCUT2D eigenvalue weighted by atomic mass is 10.1. The van der Waals surface area contributed by atoms with E-state index >= 15 is 0 Å². The van der Waals surface area contributed by atoms with Crippen LogP contribution < -0.4 is 5.32 Å². The molecule has 8 heteroatoms. The zero-order valence-electron chi connectivity index (χ0n) is 16.9. The van der Waals surface area contributed by atoms with E-state index in [4.69, 9.17) is 16.9 Å². The highest BCUT2D eigenvalue weighted by atomic mass is 35.5. The summed E-state index contributed by atoms with van der Waals surface area (Å²) < 4.78 is 2.05. The van der Waals surface area contributed by atoms with Crippen LogP contribution in [0.4, 0.5) is 0 Å². The number of rotatable bonds is 7. The van der Waals surface area contributed by atoms with E-state index in [1.807, 2.05) is 59.6 Å². The number of benzene rings is 2. The van der Waals surface area contributed by atoms with Crippen molar-refractivity contribution in [3.8, 4) is 6.07 Å². The first-order valence-electron chi connectivity index (χ1n) is 9.87. The Morgan fingerprint density at radius 3 is 2.71 bits per heavy atom. The molecule has 0 unspecified atom stereocenters. The third kappa shape index (κ3) is 5.65. The second-order valence-corrected chi connectivity index (χ2v) is 7.87. The van der Waals surface area contributed by atoms with Gasteiger partial charge in [0, 0.05) is 37.4 Å². The summed E-state index contributed by atoms with van der Waals surface area (Å²) in [6.45, 7) is 2.54. The van der Waals surface area contributed by atoms with Gasteiger partial charge in [-0.15, -0.1) is 12.4 Å². The van der Waals surface area contributed by atoms with Crippen molar-refractivity contribution in [2.75, 3.05) is 6.54 Å². The van der Waals surface area contributed by atoms with Crippen LogP contribution in [0, 0.1) is 11.3 Å². The van der Waals surface area contributed by atoms with E-state index in [0.29, 0.717) is 30.2 Å². The number of aromatic nitrogens is 2. The molecule has 2 heterocycles. The second kappa shape index (κ2) is 10.5. The molecule has 0 saturated carbocycles. The Balaban J connectivity index is 0.00000272. The average molecular weight is 456 g/mol. The number of amides is 1. The molecule has 4 rings (SSSR count). The Labute approximate surface area is 192 Å². The first-order chi connectivity index (χ1) is 14.6. The molecule has 1 aliphatic rings. The third-order valence-corrected chi connectivity index (χ3v) is 5.56. The van der Waals surface area contributed by atoms with Crippen LogP contribution >= 0.6 is 24.0 Å². The van der Waals surface area contributed by atoms with Crippen molar-refractivity contribution in [1.82, 2.24) is 19.8 Å². The number of nitrogens with zero attached hydrogens (tertiary/aromatic N) is 4. The van der Waals surface area contributed by atoms with Gasteiger partial charge in [-0.05, 0) is 41.8 Å². The fourth-order valence-electron chi connectivity index (χ4n) is 3.69. The molecule has 0 spiro atoms. The van der Waals surface area contributed by atoms with Crippen molar-refractivity contribution in [1.29, 1.82) is 5.26 Å². The van der Waals surface area contributed by atoms with Gasteiger partial charge in [-0.25, -0.2) is 4.98 Å². The highest BCUT2D eigenvalue weighted by Gasteiger charge is 2.31. The maximum absolute atomic E-state index is 12.8. The lowest BCUT2D eigenvalue weighted by Crippen LogP contribution is -2.38. The standard InChI is InChI=1S/C23H22ClN5O.ClH/c24-20-3-1-2-19(10-20)15-28-9-8-22(23(28)30)27-13-21-12-26-16-29(21)14-18-6-4-17(11-25)5-7-18;/h1-7,10,12,16,22,27H,8-9,13-15H2;1H/t22-;/m0./s1. The number of hydrogen-bond acceptors (Lipinski definition) is 4. The quantitative estimate of drug-likeness (QED) is 0.588. The predicted molar refractivity (Wildman–Crippen MR) is 122 cm³/mol. The molecule has 1 aromatic heterocycles. The molecule has 1 saturated heterocycles. The first-order valence-corrected chi connectivity index (χ1v) is 10.2. The van der Waals surface area contributed by atoms with Crippen LogP contribution in [0.2, 0.25) is 5.02 Å². The summed E-state index contributed by atoms with van der Waals surface area (Å²) in [5.41, 5.74) is 3.80. The predicted octanol–water partition coefficient (Wildman–Crippen LogP) is 3.77.